The van der Waals surface area contributed by atoms with Gasteiger partial charge >= 0.3 is 0 Å². The van der Waals surface area contributed by atoms with Crippen LogP contribution in [0.3, 0.4) is 0 Å². The average Bonchev–Trinajstić information content (AvgIpc) is 2.86. The van der Waals surface area contributed by atoms with E-state index in [1.807, 2.05) is 11.7 Å². The van der Waals surface area contributed by atoms with Crippen molar-refractivity contribution in [3.63, 3.8) is 0 Å². The summed E-state index contributed by atoms with van der Waals surface area (Å²) in [7, 11) is 2.01. The van der Waals surface area contributed by atoms with E-state index in [4.69, 9.17) is 4.99 Å². The van der Waals surface area contributed by atoms with Crippen LogP contribution in [-0.4, -0.2) is 58.9 Å². The fraction of sp³-hybridized carbons (Fsp3) is 0.810. The topological polar surface area (TPSA) is 57.5 Å². The predicted molar refractivity (Wildman–Crippen MR) is 114 cm³/mol. The molecule has 0 radical (unpaired) electrons. The lowest BCUT2D eigenvalue weighted by molar-refractivity contribution is 0.160. The van der Waals surface area contributed by atoms with Crippen LogP contribution >= 0.6 is 0 Å². The Balaban J connectivity index is 1.83. The van der Waals surface area contributed by atoms with Crippen molar-refractivity contribution in [1.29, 1.82) is 0 Å². The minimum atomic E-state index is 0.312. The van der Waals surface area contributed by atoms with Crippen LogP contribution in [0.25, 0.3) is 0 Å². The zero-order valence-electron chi connectivity index (χ0n) is 18.3. The first kappa shape index (κ1) is 21.7. The highest BCUT2D eigenvalue weighted by molar-refractivity contribution is 5.80. The van der Waals surface area contributed by atoms with Gasteiger partial charge in [-0.05, 0) is 72.4 Å². The van der Waals surface area contributed by atoms with Crippen LogP contribution in [0, 0.1) is 13.8 Å². The summed E-state index contributed by atoms with van der Waals surface area (Å²) in [6, 6.07) is 1.05. The van der Waals surface area contributed by atoms with Gasteiger partial charge < -0.3 is 15.5 Å². The van der Waals surface area contributed by atoms with Gasteiger partial charge in [0.05, 0.1) is 5.69 Å². The van der Waals surface area contributed by atoms with Crippen molar-refractivity contribution >= 4 is 5.96 Å². The lowest BCUT2D eigenvalue weighted by Gasteiger charge is -2.33. The van der Waals surface area contributed by atoms with E-state index < -0.39 is 0 Å². The van der Waals surface area contributed by atoms with E-state index in [-0.39, 0.29) is 0 Å². The van der Waals surface area contributed by atoms with Crippen LogP contribution in [0.1, 0.15) is 63.4 Å². The molecule has 1 aromatic heterocycles. The molecule has 1 aliphatic heterocycles. The van der Waals surface area contributed by atoms with E-state index in [1.54, 1.807) is 0 Å². The molecule has 27 heavy (non-hydrogen) atoms. The van der Waals surface area contributed by atoms with Crippen LogP contribution < -0.4 is 10.6 Å². The van der Waals surface area contributed by atoms with Crippen LogP contribution in [0.15, 0.2) is 4.99 Å². The Morgan fingerprint density at radius 1 is 1.33 bits per heavy atom. The largest absolute Gasteiger partial charge is 0.357 e. The Kier molecular flexibility index (Phi) is 8.61. The molecule has 0 aliphatic carbocycles. The van der Waals surface area contributed by atoms with Crippen LogP contribution in [0.4, 0.5) is 0 Å². The maximum absolute atomic E-state index is 4.80. The van der Waals surface area contributed by atoms with E-state index in [2.05, 4.69) is 55.3 Å². The maximum Gasteiger partial charge on any atom is 0.191 e. The van der Waals surface area contributed by atoms with Crippen molar-refractivity contribution < 1.29 is 0 Å². The monoisotopic (exact) mass is 376 g/mol. The third kappa shape index (κ3) is 6.52. The first-order valence-electron chi connectivity index (χ1n) is 10.7. The van der Waals surface area contributed by atoms with Gasteiger partial charge in [0.25, 0.3) is 0 Å². The fourth-order valence-electron chi connectivity index (χ4n) is 3.98. The summed E-state index contributed by atoms with van der Waals surface area (Å²) in [6.45, 7) is 15.1. The molecule has 2 N–H and O–H groups in total. The number of piperidine rings is 1. The Labute approximate surface area is 165 Å². The first-order chi connectivity index (χ1) is 12.9. The number of rotatable bonds is 8. The lowest BCUT2D eigenvalue weighted by atomic mass is 10.0. The highest BCUT2D eigenvalue weighted by atomic mass is 15.3. The number of hydrogen-bond donors (Lipinski definition) is 2. The van der Waals surface area contributed by atoms with Gasteiger partial charge in [0.1, 0.15) is 0 Å². The second kappa shape index (κ2) is 10.7. The summed E-state index contributed by atoms with van der Waals surface area (Å²) >= 11 is 0. The first-order valence-corrected chi connectivity index (χ1v) is 10.7. The number of aryl methyl sites for hydroxylation is 2. The van der Waals surface area contributed by atoms with Crippen LogP contribution in [0.5, 0.6) is 0 Å². The van der Waals surface area contributed by atoms with Gasteiger partial charge in [-0.2, -0.15) is 5.10 Å². The number of aliphatic imine (C=N–C) groups is 1. The number of nitrogens with zero attached hydrogens (tertiary/aromatic N) is 4. The molecule has 0 bridgehead atoms. The van der Waals surface area contributed by atoms with Crippen molar-refractivity contribution in [3.05, 3.63) is 17.0 Å². The molecule has 6 heteroatoms. The lowest BCUT2D eigenvalue weighted by Crippen LogP contribution is -2.43. The van der Waals surface area contributed by atoms with Crippen molar-refractivity contribution in [2.45, 2.75) is 78.8 Å². The molecule has 0 spiro atoms. The number of nitrogens with one attached hydrogen (secondary N) is 2. The molecular formula is C21H40N6. The third-order valence-electron chi connectivity index (χ3n) is 5.71. The second-order valence-electron chi connectivity index (χ2n) is 8.02. The normalized spacial score (nSPS) is 19.9. The molecule has 0 saturated carbocycles. The zero-order chi connectivity index (χ0) is 19.8. The Bertz CT molecular complexity index is 606. The van der Waals surface area contributed by atoms with E-state index >= 15 is 0 Å². The van der Waals surface area contributed by atoms with Gasteiger partial charge in [0.2, 0.25) is 0 Å². The minimum Gasteiger partial charge on any atom is -0.357 e. The molecule has 2 rings (SSSR count). The van der Waals surface area contributed by atoms with Crippen molar-refractivity contribution in [2.75, 3.05) is 26.2 Å². The van der Waals surface area contributed by atoms with Crippen molar-refractivity contribution in [3.8, 4) is 0 Å². The van der Waals surface area contributed by atoms with Crippen LogP contribution in [-0.2, 0) is 13.5 Å². The molecule has 154 valence electrons. The summed E-state index contributed by atoms with van der Waals surface area (Å²) in [5, 5.41) is 11.5. The fourth-order valence-corrected chi connectivity index (χ4v) is 3.98. The molecule has 1 aliphatic rings. The van der Waals surface area contributed by atoms with Gasteiger partial charge in [0.15, 0.2) is 5.96 Å². The van der Waals surface area contributed by atoms with Gasteiger partial charge in [-0.3, -0.25) is 9.67 Å². The summed E-state index contributed by atoms with van der Waals surface area (Å²) in [6.07, 6.45) is 6.16. The molecule has 0 aromatic carbocycles. The number of hydrogen-bond acceptors (Lipinski definition) is 3. The number of aromatic nitrogens is 2. The summed E-state index contributed by atoms with van der Waals surface area (Å²) < 4.78 is 1.97. The molecule has 2 heterocycles. The SMILES string of the molecule is CCNC(=NCCCN1CCCCC1C)NC(C)Cc1c(C)nn(C)c1C. The molecule has 1 fully saturated rings. The second-order valence-corrected chi connectivity index (χ2v) is 8.02. The highest BCUT2D eigenvalue weighted by Gasteiger charge is 2.17. The maximum atomic E-state index is 4.80. The molecule has 1 saturated heterocycles. The van der Waals surface area contributed by atoms with Gasteiger partial charge in [-0.1, -0.05) is 6.42 Å². The third-order valence-corrected chi connectivity index (χ3v) is 5.71. The number of likely N-dealkylation sites (tertiary alicyclic amines) is 1. The molecular weight excluding hydrogens is 336 g/mol. The van der Waals surface area contributed by atoms with Gasteiger partial charge in [-0.15, -0.1) is 0 Å². The molecule has 1 aromatic rings. The smallest absolute Gasteiger partial charge is 0.191 e. The molecule has 2 unspecified atom stereocenters. The Morgan fingerprint density at radius 3 is 2.74 bits per heavy atom. The minimum absolute atomic E-state index is 0.312. The standard InChI is InChI=1S/C21H40N6/c1-7-22-21(23-12-10-14-27-13-9-8-11-17(27)3)24-16(2)15-20-18(4)25-26(6)19(20)5/h16-17H,7-15H2,1-6H3,(H2,22,23,24). The molecule has 6 nitrogen and oxygen atoms in total. The van der Waals surface area contributed by atoms with Crippen molar-refractivity contribution in [1.82, 2.24) is 25.3 Å². The number of guanidine groups is 1. The van der Waals surface area contributed by atoms with E-state index in [0.717, 1.165) is 50.2 Å². The Hall–Kier alpha value is -1.56. The molecule has 0 amide bonds. The molecule has 2 atom stereocenters. The van der Waals surface area contributed by atoms with E-state index in [0.29, 0.717) is 6.04 Å². The van der Waals surface area contributed by atoms with Gasteiger partial charge in [-0.25, -0.2) is 0 Å². The van der Waals surface area contributed by atoms with E-state index in [9.17, 15) is 0 Å². The van der Waals surface area contributed by atoms with Gasteiger partial charge in [0, 0.05) is 44.5 Å². The predicted octanol–water partition coefficient (Wildman–Crippen LogP) is 2.79. The summed E-state index contributed by atoms with van der Waals surface area (Å²) in [4.78, 5) is 7.42. The Morgan fingerprint density at radius 2 is 2.11 bits per heavy atom. The summed E-state index contributed by atoms with van der Waals surface area (Å²) in [5.41, 5.74) is 3.72. The highest BCUT2D eigenvalue weighted by Crippen LogP contribution is 2.16. The quantitative estimate of drug-likeness (QED) is 0.416. The van der Waals surface area contributed by atoms with E-state index in [1.165, 1.54) is 37.1 Å². The zero-order valence-corrected chi connectivity index (χ0v) is 18.3. The van der Waals surface area contributed by atoms with Crippen molar-refractivity contribution in [2.24, 2.45) is 12.0 Å². The summed E-state index contributed by atoms with van der Waals surface area (Å²) in [5.74, 6) is 0.927. The van der Waals surface area contributed by atoms with Crippen LogP contribution in [0.2, 0.25) is 0 Å². The average molecular weight is 377 g/mol.